The van der Waals surface area contributed by atoms with Crippen molar-refractivity contribution in [2.75, 3.05) is 5.32 Å². The first-order chi connectivity index (χ1) is 15.0. The van der Waals surface area contributed by atoms with Gasteiger partial charge in [-0.15, -0.1) is 13.2 Å². The molecular weight excluding hydrogens is 435 g/mol. The maximum atomic E-state index is 12.8. The zero-order chi connectivity index (χ0) is 23.2. The van der Waals surface area contributed by atoms with E-state index in [4.69, 9.17) is 5.73 Å². The first-order valence-corrected chi connectivity index (χ1v) is 9.06. The van der Waals surface area contributed by atoms with Crippen LogP contribution in [0.25, 0.3) is 11.4 Å². The number of nitrogens with one attached hydrogen (secondary N) is 1. The largest absolute Gasteiger partial charge is 0.573 e. The van der Waals surface area contributed by atoms with Gasteiger partial charge in [0.1, 0.15) is 0 Å². The van der Waals surface area contributed by atoms with Crippen LogP contribution in [-0.2, 0) is 19.9 Å². The van der Waals surface area contributed by atoms with Gasteiger partial charge >= 0.3 is 6.36 Å². The molecule has 0 saturated carbocycles. The highest BCUT2D eigenvalue weighted by molar-refractivity contribution is 5.94. The van der Waals surface area contributed by atoms with Gasteiger partial charge in [0.2, 0.25) is 5.95 Å². The van der Waals surface area contributed by atoms with Gasteiger partial charge in [-0.1, -0.05) is 0 Å². The first-order valence-electron chi connectivity index (χ1n) is 9.06. The molecule has 1 amide bonds. The first kappa shape index (κ1) is 21.0. The number of amides is 1. The average molecular weight is 449 g/mol. The fourth-order valence-electron chi connectivity index (χ4n) is 3.48. The smallest absolute Gasteiger partial charge is 0.404 e. The van der Waals surface area contributed by atoms with E-state index >= 15 is 0 Å². The molecule has 1 aliphatic carbocycles. The third-order valence-electron chi connectivity index (χ3n) is 4.76. The molecule has 2 heterocycles. The van der Waals surface area contributed by atoms with Crippen LogP contribution >= 0.6 is 0 Å². The fourth-order valence-corrected chi connectivity index (χ4v) is 3.48. The molecule has 0 atom stereocenters. The number of nitrogens with two attached hydrogens (primary N) is 1. The van der Waals surface area contributed by atoms with E-state index in [0.29, 0.717) is 29.8 Å². The van der Waals surface area contributed by atoms with Crippen LogP contribution in [0.5, 0.6) is 5.75 Å². The normalized spacial score (nSPS) is 12.6. The summed E-state index contributed by atoms with van der Waals surface area (Å²) in [6.45, 7) is 0. The van der Waals surface area contributed by atoms with Crippen LogP contribution in [0, 0.1) is 10.1 Å². The third kappa shape index (κ3) is 3.89. The summed E-state index contributed by atoms with van der Waals surface area (Å²) in [5.74, 6) is -1.52. The summed E-state index contributed by atoms with van der Waals surface area (Å²) in [5, 5.41) is 17.7. The number of primary amides is 1. The number of ether oxygens (including phenoxy) is 1. The van der Waals surface area contributed by atoms with Crippen molar-refractivity contribution in [1.29, 1.82) is 0 Å². The zero-order valence-electron chi connectivity index (χ0n) is 16.3. The minimum absolute atomic E-state index is 0.112. The number of fused-ring (bicyclic) bond motifs is 3. The predicted molar refractivity (Wildman–Crippen MR) is 103 cm³/mol. The van der Waals surface area contributed by atoms with E-state index < -0.39 is 28.6 Å². The van der Waals surface area contributed by atoms with E-state index in [1.165, 1.54) is 10.9 Å². The Kier molecular flexibility index (Phi) is 4.91. The molecule has 11 nitrogen and oxygen atoms in total. The summed E-state index contributed by atoms with van der Waals surface area (Å²) in [7, 11) is 1.60. The molecule has 0 bridgehead atoms. The fraction of sp³-hybridized carbons (Fsp3) is 0.222. The average Bonchev–Trinajstić information content (AvgIpc) is 3.05. The molecule has 0 saturated heterocycles. The minimum Gasteiger partial charge on any atom is -0.404 e. The molecule has 1 aliphatic rings. The lowest BCUT2D eigenvalue weighted by Gasteiger charge is -2.18. The second-order valence-corrected chi connectivity index (χ2v) is 6.84. The van der Waals surface area contributed by atoms with Gasteiger partial charge in [-0.05, 0) is 24.5 Å². The number of hydrogen-bond acceptors (Lipinski definition) is 8. The summed E-state index contributed by atoms with van der Waals surface area (Å²) in [5.41, 5.74) is 6.96. The molecule has 32 heavy (non-hydrogen) atoms. The number of carbonyl (C=O) groups excluding carboxylic acids is 1. The number of benzene rings is 1. The number of carbonyl (C=O) groups is 1. The van der Waals surface area contributed by atoms with Crippen LogP contribution in [0.15, 0.2) is 24.4 Å². The van der Waals surface area contributed by atoms with Gasteiger partial charge in [-0.2, -0.15) is 5.10 Å². The lowest BCUT2D eigenvalue weighted by atomic mass is 9.93. The van der Waals surface area contributed by atoms with Gasteiger partial charge in [0.15, 0.2) is 11.4 Å². The molecular formula is C18H14F3N7O4. The number of rotatable bonds is 5. The standard InChI is InChI=1S/C18H14F3N7O4/c1-27-15-10(14(26-27)16(22)29)4-2-8-7-23-17(25-13(8)15)24-11-6-9(28(30)31)3-5-12(11)32-18(19,20)21/h3,5-7H,2,4H2,1H3,(H2,22,29)(H,23,24,25). The number of halogens is 3. The van der Waals surface area contributed by atoms with Gasteiger partial charge in [0.05, 0.1) is 22.0 Å². The van der Waals surface area contributed by atoms with Gasteiger partial charge in [-0.3, -0.25) is 19.6 Å². The Morgan fingerprint density at radius 2 is 2.09 bits per heavy atom. The van der Waals surface area contributed by atoms with Crippen LogP contribution in [0.3, 0.4) is 0 Å². The Morgan fingerprint density at radius 1 is 1.34 bits per heavy atom. The summed E-state index contributed by atoms with van der Waals surface area (Å²) < 4.78 is 43.7. The highest BCUT2D eigenvalue weighted by Gasteiger charge is 2.33. The van der Waals surface area contributed by atoms with Crippen molar-refractivity contribution in [1.82, 2.24) is 19.7 Å². The van der Waals surface area contributed by atoms with Crippen molar-refractivity contribution >= 4 is 23.2 Å². The third-order valence-corrected chi connectivity index (χ3v) is 4.76. The van der Waals surface area contributed by atoms with Gasteiger partial charge in [0, 0.05) is 30.9 Å². The maximum Gasteiger partial charge on any atom is 0.573 e. The van der Waals surface area contributed by atoms with Gasteiger partial charge < -0.3 is 15.8 Å². The predicted octanol–water partition coefficient (Wildman–Crippen LogP) is 2.63. The van der Waals surface area contributed by atoms with Crippen molar-refractivity contribution in [3.05, 3.63) is 51.3 Å². The van der Waals surface area contributed by atoms with Gasteiger partial charge in [0.25, 0.3) is 11.6 Å². The molecule has 0 unspecified atom stereocenters. The summed E-state index contributed by atoms with van der Waals surface area (Å²) in [6.07, 6.45) is -2.56. The van der Waals surface area contributed by atoms with E-state index in [0.717, 1.165) is 23.8 Å². The van der Waals surface area contributed by atoms with Crippen LogP contribution in [0.4, 0.5) is 30.5 Å². The number of nitro benzene ring substituents is 1. The van der Waals surface area contributed by atoms with Crippen LogP contribution in [0.2, 0.25) is 0 Å². The van der Waals surface area contributed by atoms with E-state index in [-0.39, 0.29) is 17.3 Å². The van der Waals surface area contributed by atoms with Crippen LogP contribution in [-0.4, -0.2) is 36.9 Å². The molecule has 3 aromatic rings. The van der Waals surface area contributed by atoms with E-state index in [9.17, 15) is 28.1 Å². The number of aromatic nitrogens is 4. The molecule has 2 aromatic heterocycles. The van der Waals surface area contributed by atoms with Crippen LogP contribution in [0.1, 0.15) is 21.6 Å². The van der Waals surface area contributed by atoms with Crippen molar-refractivity contribution in [3.63, 3.8) is 0 Å². The lowest BCUT2D eigenvalue weighted by molar-refractivity contribution is -0.384. The minimum atomic E-state index is -5.02. The van der Waals surface area contributed by atoms with Gasteiger partial charge in [-0.25, -0.2) is 9.97 Å². The molecule has 14 heteroatoms. The number of alkyl halides is 3. The Morgan fingerprint density at radius 3 is 2.75 bits per heavy atom. The Hall–Kier alpha value is -4.23. The molecule has 0 radical (unpaired) electrons. The molecule has 0 spiro atoms. The summed E-state index contributed by atoms with van der Waals surface area (Å²) >= 11 is 0. The topological polar surface area (TPSA) is 151 Å². The van der Waals surface area contributed by atoms with Crippen molar-refractivity contribution in [2.24, 2.45) is 12.8 Å². The van der Waals surface area contributed by atoms with Crippen molar-refractivity contribution in [2.45, 2.75) is 19.2 Å². The molecule has 3 N–H and O–H groups in total. The molecule has 166 valence electrons. The highest BCUT2D eigenvalue weighted by atomic mass is 19.4. The molecule has 1 aromatic carbocycles. The zero-order valence-corrected chi connectivity index (χ0v) is 16.3. The van der Waals surface area contributed by atoms with Crippen molar-refractivity contribution < 1.29 is 27.6 Å². The quantitative estimate of drug-likeness (QED) is 0.446. The second-order valence-electron chi connectivity index (χ2n) is 6.84. The van der Waals surface area contributed by atoms with Crippen LogP contribution < -0.4 is 15.8 Å². The number of anilines is 2. The molecule has 0 aliphatic heterocycles. The second kappa shape index (κ2) is 7.47. The Bertz CT molecular complexity index is 1260. The summed E-state index contributed by atoms with van der Waals surface area (Å²) in [6, 6.07) is 2.59. The number of non-ortho nitro benzene ring substituents is 1. The number of hydrogen-bond donors (Lipinski definition) is 2. The van der Waals surface area contributed by atoms with E-state index in [2.05, 4.69) is 25.1 Å². The molecule has 4 rings (SSSR count). The maximum absolute atomic E-state index is 12.8. The number of aryl methyl sites for hydroxylation is 2. The Labute approximate surface area is 177 Å². The SMILES string of the molecule is Cn1nc(C(N)=O)c2c1-c1nc(Nc3cc([N+](=O)[O-])ccc3OC(F)(F)F)ncc1CC2. The Balaban J connectivity index is 1.76. The lowest BCUT2D eigenvalue weighted by Crippen LogP contribution is -2.18. The monoisotopic (exact) mass is 449 g/mol. The number of nitrogens with zero attached hydrogens (tertiary/aromatic N) is 5. The highest BCUT2D eigenvalue weighted by Crippen LogP contribution is 2.37. The summed E-state index contributed by atoms with van der Waals surface area (Å²) in [4.78, 5) is 30.4. The van der Waals surface area contributed by atoms with E-state index in [1.807, 2.05) is 0 Å². The van der Waals surface area contributed by atoms with Crippen molar-refractivity contribution in [3.8, 4) is 17.1 Å². The molecule has 0 fully saturated rings. The number of nitro groups is 1. The van der Waals surface area contributed by atoms with E-state index in [1.54, 1.807) is 7.05 Å².